The summed E-state index contributed by atoms with van der Waals surface area (Å²) < 4.78 is 6.19. The molecule has 0 fully saturated rings. The van der Waals surface area contributed by atoms with Crippen LogP contribution in [-0.4, -0.2) is 29.3 Å². The van der Waals surface area contributed by atoms with Gasteiger partial charge in [-0.15, -0.1) is 0 Å². The number of carbonyl (C=O) groups is 3. The molecule has 0 unspecified atom stereocenters. The molecule has 1 heterocycles. The Labute approximate surface area is 112 Å². The zero-order chi connectivity index (χ0) is 14.4. The lowest BCUT2D eigenvalue weighted by molar-refractivity contribution is -0.117. The molecule has 0 aromatic carbocycles. The lowest BCUT2D eigenvalue weighted by Crippen LogP contribution is -2.18. The van der Waals surface area contributed by atoms with Crippen LogP contribution in [-0.2, 0) is 27.2 Å². The second kappa shape index (κ2) is 6.87. The van der Waals surface area contributed by atoms with E-state index in [9.17, 15) is 14.4 Å². The fraction of sp³-hybridized carbons (Fsp3) is 0.500. The minimum atomic E-state index is -0.484. The maximum Gasteiger partial charge on any atom is 0.418 e. The Bertz CT molecular complexity index is 452. The molecular weight excluding hydrogens is 246 g/mol. The summed E-state index contributed by atoms with van der Waals surface area (Å²) in [4.78, 5) is 33.8. The first-order valence-electron chi connectivity index (χ1n) is 6.22. The number of hydrogen-bond donors (Lipinski definition) is 0. The molecule has 104 valence electrons. The molecule has 5 nitrogen and oxygen atoms in total. The highest BCUT2D eigenvalue weighted by Gasteiger charge is 2.15. The highest BCUT2D eigenvalue weighted by Crippen LogP contribution is 2.14. The van der Waals surface area contributed by atoms with Crippen LogP contribution in [0.5, 0.6) is 0 Å². The van der Waals surface area contributed by atoms with E-state index >= 15 is 0 Å². The SMILES string of the molecule is COC(=O)n1c(CCC(C)=O)ccc1CCC(C)=O. The molecule has 0 aliphatic carbocycles. The van der Waals surface area contributed by atoms with E-state index in [-0.39, 0.29) is 11.6 Å². The number of ketones is 2. The standard InChI is InChI=1S/C14H19NO4/c1-10(16)4-6-12-8-9-13(7-5-11(2)17)15(12)14(18)19-3/h8-9H,4-7H2,1-3H3. The van der Waals surface area contributed by atoms with Gasteiger partial charge in [-0.25, -0.2) is 4.79 Å². The van der Waals surface area contributed by atoms with E-state index in [0.717, 1.165) is 11.4 Å². The normalized spacial score (nSPS) is 10.3. The van der Waals surface area contributed by atoms with E-state index < -0.39 is 6.09 Å². The van der Waals surface area contributed by atoms with Gasteiger partial charge in [0.05, 0.1) is 7.11 Å². The van der Waals surface area contributed by atoms with Gasteiger partial charge in [-0.1, -0.05) is 0 Å². The third-order valence-corrected chi connectivity index (χ3v) is 2.87. The molecule has 0 amide bonds. The summed E-state index contributed by atoms with van der Waals surface area (Å²) in [6.07, 6.45) is 1.26. The van der Waals surface area contributed by atoms with Crippen molar-refractivity contribution in [3.8, 4) is 0 Å². The van der Waals surface area contributed by atoms with Crippen molar-refractivity contribution in [3.05, 3.63) is 23.5 Å². The first-order chi connectivity index (χ1) is 8.95. The lowest BCUT2D eigenvalue weighted by Gasteiger charge is -2.10. The maximum atomic E-state index is 11.8. The summed E-state index contributed by atoms with van der Waals surface area (Å²) in [6, 6.07) is 3.60. The molecule has 0 atom stereocenters. The van der Waals surface area contributed by atoms with Gasteiger partial charge in [0.1, 0.15) is 11.6 Å². The second-order valence-corrected chi connectivity index (χ2v) is 4.53. The Morgan fingerprint density at radius 2 is 1.42 bits per heavy atom. The zero-order valence-electron chi connectivity index (χ0n) is 11.6. The molecule has 0 saturated heterocycles. The van der Waals surface area contributed by atoms with Crippen LogP contribution < -0.4 is 0 Å². The third kappa shape index (κ3) is 4.35. The number of hydrogen-bond acceptors (Lipinski definition) is 4. The molecule has 1 rings (SSSR count). The molecule has 0 saturated carbocycles. The van der Waals surface area contributed by atoms with E-state index in [0.29, 0.717) is 25.7 Å². The summed E-state index contributed by atoms with van der Waals surface area (Å²) >= 11 is 0. The Kier molecular flexibility index (Phi) is 5.48. The highest BCUT2D eigenvalue weighted by molar-refractivity contribution is 5.77. The monoisotopic (exact) mass is 265 g/mol. The number of nitrogens with zero attached hydrogens (tertiary/aromatic N) is 1. The van der Waals surface area contributed by atoms with Gasteiger partial charge in [0.15, 0.2) is 0 Å². The van der Waals surface area contributed by atoms with Gasteiger partial charge < -0.3 is 14.3 Å². The van der Waals surface area contributed by atoms with E-state index in [4.69, 9.17) is 4.74 Å². The van der Waals surface area contributed by atoms with Crippen LogP contribution in [0.1, 0.15) is 38.1 Å². The fourth-order valence-corrected chi connectivity index (χ4v) is 1.85. The minimum Gasteiger partial charge on any atom is -0.452 e. The van der Waals surface area contributed by atoms with Crippen LogP contribution in [0.3, 0.4) is 0 Å². The van der Waals surface area contributed by atoms with Crippen molar-refractivity contribution in [1.29, 1.82) is 0 Å². The highest BCUT2D eigenvalue weighted by atomic mass is 16.5. The van der Waals surface area contributed by atoms with E-state index in [1.54, 1.807) is 12.1 Å². The molecule has 0 bridgehead atoms. The van der Waals surface area contributed by atoms with Crippen molar-refractivity contribution in [1.82, 2.24) is 4.57 Å². The summed E-state index contributed by atoms with van der Waals surface area (Å²) in [6.45, 7) is 3.03. The van der Waals surface area contributed by atoms with Crippen molar-refractivity contribution in [2.75, 3.05) is 7.11 Å². The van der Waals surface area contributed by atoms with Crippen LogP contribution in [0.4, 0.5) is 4.79 Å². The number of rotatable bonds is 6. The fourth-order valence-electron chi connectivity index (χ4n) is 1.85. The Morgan fingerprint density at radius 1 is 1.00 bits per heavy atom. The van der Waals surface area contributed by atoms with Gasteiger partial charge in [0, 0.05) is 24.2 Å². The minimum absolute atomic E-state index is 0.0721. The van der Waals surface area contributed by atoms with Crippen LogP contribution in [0.15, 0.2) is 12.1 Å². The van der Waals surface area contributed by atoms with Crippen molar-refractivity contribution in [3.63, 3.8) is 0 Å². The smallest absolute Gasteiger partial charge is 0.418 e. The lowest BCUT2D eigenvalue weighted by atomic mass is 10.2. The first-order valence-corrected chi connectivity index (χ1v) is 6.22. The largest absolute Gasteiger partial charge is 0.452 e. The number of ether oxygens (including phenoxy) is 1. The van der Waals surface area contributed by atoms with Gasteiger partial charge in [-0.3, -0.25) is 4.57 Å². The van der Waals surface area contributed by atoms with Crippen molar-refractivity contribution >= 4 is 17.7 Å². The molecule has 0 radical (unpaired) electrons. The molecule has 5 heteroatoms. The average Bonchev–Trinajstić information content (AvgIpc) is 2.75. The van der Waals surface area contributed by atoms with Gasteiger partial charge >= 0.3 is 6.09 Å². The third-order valence-electron chi connectivity index (χ3n) is 2.87. The van der Waals surface area contributed by atoms with Crippen LogP contribution in [0.2, 0.25) is 0 Å². The Hall–Kier alpha value is -1.91. The zero-order valence-corrected chi connectivity index (χ0v) is 11.6. The molecule has 0 spiro atoms. The van der Waals surface area contributed by atoms with E-state index in [1.165, 1.54) is 25.5 Å². The van der Waals surface area contributed by atoms with E-state index in [2.05, 4.69) is 0 Å². The maximum absolute atomic E-state index is 11.8. The van der Waals surface area contributed by atoms with Crippen molar-refractivity contribution in [2.45, 2.75) is 39.5 Å². The first kappa shape index (κ1) is 15.1. The molecule has 19 heavy (non-hydrogen) atoms. The van der Waals surface area contributed by atoms with Gasteiger partial charge in [0.2, 0.25) is 0 Å². The molecule has 0 aliphatic rings. The van der Waals surface area contributed by atoms with Crippen LogP contribution in [0.25, 0.3) is 0 Å². The molecule has 0 aliphatic heterocycles. The molecular formula is C14H19NO4. The number of carbonyl (C=O) groups excluding carboxylic acids is 3. The Morgan fingerprint density at radius 3 is 1.74 bits per heavy atom. The van der Waals surface area contributed by atoms with Crippen molar-refractivity contribution < 1.29 is 19.1 Å². The predicted molar refractivity (Wildman–Crippen MR) is 70.2 cm³/mol. The summed E-state index contributed by atoms with van der Waals surface area (Å²) in [7, 11) is 1.31. The predicted octanol–water partition coefficient (Wildman–Crippen LogP) is 2.15. The second-order valence-electron chi connectivity index (χ2n) is 4.53. The van der Waals surface area contributed by atoms with Gasteiger partial charge in [-0.05, 0) is 38.8 Å². The van der Waals surface area contributed by atoms with E-state index in [1.807, 2.05) is 0 Å². The summed E-state index contributed by atoms with van der Waals surface area (Å²) in [5.74, 6) is 0.144. The average molecular weight is 265 g/mol. The Balaban J connectivity index is 2.94. The quantitative estimate of drug-likeness (QED) is 0.790. The topological polar surface area (TPSA) is 65.4 Å². The van der Waals surface area contributed by atoms with Gasteiger partial charge in [-0.2, -0.15) is 0 Å². The van der Waals surface area contributed by atoms with Crippen molar-refractivity contribution in [2.24, 2.45) is 0 Å². The molecule has 0 N–H and O–H groups in total. The summed E-state index contributed by atoms with van der Waals surface area (Å²) in [5.41, 5.74) is 1.47. The number of aryl methyl sites for hydroxylation is 2. The van der Waals surface area contributed by atoms with Crippen LogP contribution >= 0.6 is 0 Å². The number of Topliss-reactive ketones (excluding diaryl/α,β-unsaturated/α-hetero) is 2. The van der Waals surface area contributed by atoms with Gasteiger partial charge in [0.25, 0.3) is 0 Å². The number of methoxy groups -OCH3 is 1. The summed E-state index contributed by atoms with van der Waals surface area (Å²) in [5, 5.41) is 0. The van der Waals surface area contributed by atoms with Crippen LogP contribution in [0, 0.1) is 0 Å². The molecule has 1 aromatic rings. The number of aromatic nitrogens is 1. The molecule has 1 aromatic heterocycles.